The largest absolute Gasteiger partial charge is 0.391 e. The highest BCUT2D eigenvalue weighted by molar-refractivity contribution is 5.81. The lowest BCUT2D eigenvalue weighted by Gasteiger charge is -2.38. The quantitative estimate of drug-likeness (QED) is 0.781. The SMILES string of the molecule is CC(C)CNC(=O)C(C)N(C)C1CCCCC1O. The molecule has 1 aliphatic rings. The van der Waals surface area contributed by atoms with Gasteiger partial charge in [-0.25, -0.2) is 0 Å². The van der Waals surface area contributed by atoms with Crippen LogP contribution in [0.5, 0.6) is 0 Å². The van der Waals surface area contributed by atoms with Gasteiger partial charge in [0, 0.05) is 12.6 Å². The van der Waals surface area contributed by atoms with Crippen LogP contribution in [0.1, 0.15) is 46.5 Å². The molecular weight excluding hydrogens is 228 g/mol. The van der Waals surface area contributed by atoms with Crippen molar-refractivity contribution in [3.05, 3.63) is 0 Å². The lowest BCUT2D eigenvalue weighted by Crippen LogP contribution is -2.52. The fraction of sp³-hybridized carbons (Fsp3) is 0.929. The minimum atomic E-state index is -0.288. The summed E-state index contributed by atoms with van der Waals surface area (Å²) in [5.41, 5.74) is 0. The van der Waals surface area contributed by atoms with Gasteiger partial charge in [0.25, 0.3) is 0 Å². The zero-order valence-electron chi connectivity index (χ0n) is 12.1. The number of likely N-dealkylation sites (N-methyl/N-ethyl adjacent to an activating group) is 1. The average molecular weight is 256 g/mol. The highest BCUT2D eigenvalue weighted by Crippen LogP contribution is 2.23. The molecule has 18 heavy (non-hydrogen) atoms. The summed E-state index contributed by atoms with van der Waals surface area (Å²) in [6.45, 7) is 6.79. The maximum Gasteiger partial charge on any atom is 0.237 e. The van der Waals surface area contributed by atoms with Gasteiger partial charge in [0.2, 0.25) is 5.91 Å². The smallest absolute Gasteiger partial charge is 0.237 e. The van der Waals surface area contributed by atoms with Crippen LogP contribution in [0, 0.1) is 5.92 Å². The number of carbonyl (C=O) groups excluding carboxylic acids is 1. The molecule has 0 radical (unpaired) electrons. The monoisotopic (exact) mass is 256 g/mol. The van der Waals surface area contributed by atoms with Gasteiger partial charge < -0.3 is 10.4 Å². The molecule has 0 aliphatic heterocycles. The van der Waals surface area contributed by atoms with Crippen LogP contribution in [0.25, 0.3) is 0 Å². The standard InChI is InChI=1S/C14H28N2O2/c1-10(2)9-15-14(18)11(3)16(4)12-7-5-6-8-13(12)17/h10-13,17H,5-9H2,1-4H3,(H,15,18). The molecule has 4 nitrogen and oxygen atoms in total. The Bertz CT molecular complexity index is 269. The fourth-order valence-electron chi connectivity index (χ4n) is 2.49. The molecular formula is C14H28N2O2. The van der Waals surface area contributed by atoms with Crippen molar-refractivity contribution in [1.29, 1.82) is 0 Å². The van der Waals surface area contributed by atoms with E-state index in [0.29, 0.717) is 12.5 Å². The Morgan fingerprint density at radius 1 is 1.33 bits per heavy atom. The van der Waals surface area contributed by atoms with Gasteiger partial charge in [-0.15, -0.1) is 0 Å². The van der Waals surface area contributed by atoms with E-state index >= 15 is 0 Å². The molecule has 0 saturated heterocycles. The summed E-state index contributed by atoms with van der Waals surface area (Å²) in [6.07, 6.45) is 3.80. The Kier molecular flexibility index (Phi) is 6.09. The zero-order valence-corrected chi connectivity index (χ0v) is 12.1. The molecule has 4 heteroatoms. The van der Waals surface area contributed by atoms with Crippen molar-refractivity contribution in [3.63, 3.8) is 0 Å². The van der Waals surface area contributed by atoms with Crippen LogP contribution in [-0.2, 0) is 4.79 Å². The van der Waals surface area contributed by atoms with Gasteiger partial charge >= 0.3 is 0 Å². The Morgan fingerprint density at radius 2 is 1.94 bits per heavy atom. The molecule has 3 unspecified atom stereocenters. The molecule has 1 aliphatic carbocycles. The number of aliphatic hydroxyl groups is 1. The van der Waals surface area contributed by atoms with Crippen molar-refractivity contribution in [3.8, 4) is 0 Å². The molecule has 1 saturated carbocycles. The number of nitrogens with zero attached hydrogens (tertiary/aromatic N) is 1. The molecule has 0 spiro atoms. The molecule has 2 N–H and O–H groups in total. The lowest BCUT2D eigenvalue weighted by atomic mass is 9.91. The predicted molar refractivity (Wildman–Crippen MR) is 73.3 cm³/mol. The van der Waals surface area contributed by atoms with Crippen molar-refractivity contribution >= 4 is 5.91 Å². The number of hydrogen-bond donors (Lipinski definition) is 2. The third-order valence-corrected chi connectivity index (χ3v) is 3.89. The molecule has 0 bridgehead atoms. The summed E-state index contributed by atoms with van der Waals surface area (Å²) in [5, 5.41) is 13.0. The highest BCUT2D eigenvalue weighted by Gasteiger charge is 2.31. The summed E-state index contributed by atoms with van der Waals surface area (Å²) >= 11 is 0. The first-order valence-electron chi connectivity index (χ1n) is 7.11. The van der Waals surface area contributed by atoms with Crippen LogP contribution in [0.3, 0.4) is 0 Å². The van der Waals surface area contributed by atoms with Crippen LogP contribution < -0.4 is 5.32 Å². The Morgan fingerprint density at radius 3 is 2.50 bits per heavy atom. The first kappa shape index (κ1) is 15.4. The number of amides is 1. The van der Waals surface area contributed by atoms with Crippen LogP contribution >= 0.6 is 0 Å². The highest BCUT2D eigenvalue weighted by atomic mass is 16.3. The van der Waals surface area contributed by atoms with E-state index in [1.807, 2.05) is 18.9 Å². The molecule has 1 rings (SSSR count). The Hall–Kier alpha value is -0.610. The van der Waals surface area contributed by atoms with E-state index in [2.05, 4.69) is 19.2 Å². The van der Waals surface area contributed by atoms with E-state index in [4.69, 9.17) is 0 Å². The topological polar surface area (TPSA) is 52.6 Å². The van der Waals surface area contributed by atoms with Gasteiger partial charge in [-0.2, -0.15) is 0 Å². The molecule has 0 heterocycles. The van der Waals surface area contributed by atoms with Crippen molar-refractivity contribution in [1.82, 2.24) is 10.2 Å². The Labute approximate surface area is 111 Å². The second-order valence-corrected chi connectivity index (χ2v) is 5.90. The summed E-state index contributed by atoms with van der Waals surface area (Å²) in [6, 6.07) is -0.0555. The molecule has 3 atom stereocenters. The van der Waals surface area contributed by atoms with Gasteiger partial charge in [-0.3, -0.25) is 9.69 Å². The van der Waals surface area contributed by atoms with Gasteiger partial charge in [-0.05, 0) is 32.7 Å². The molecule has 0 aromatic heterocycles. The van der Waals surface area contributed by atoms with E-state index in [0.717, 1.165) is 25.7 Å². The fourth-order valence-corrected chi connectivity index (χ4v) is 2.49. The minimum absolute atomic E-state index is 0.0592. The molecule has 0 aromatic carbocycles. The molecule has 106 valence electrons. The van der Waals surface area contributed by atoms with E-state index < -0.39 is 0 Å². The number of aliphatic hydroxyl groups excluding tert-OH is 1. The second-order valence-electron chi connectivity index (χ2n) is 5.90. The molecule has 1 fully saturated rings. The average Bonchev–Trinajstić information content (AvgIpc) is 2.34. The van der Waals surface area contributed by atoms with Gasteiger partial charge in [0.05, 0.1) is 12.1 Å². The molecule has 0 aromatic rings. The summed E-state index contributed by atoms with van der Waals surface area (Å²) < 4.78 is 0. The van der Waals surface area contributed by atoms with E-state index in [1.165, 1.54) is 0 Å². The van der Waals surface area contributed by atoms with Crippen LogP contribution in [0.4, 0.5) is 0 Å². The third-order valence-electron chi connectivity index (χ3n) is 3.89. The predicted octanol–water partition coefficient (Wildman–Crippen LogP) is 1.38. The van der Waals surface area contributed by atoms with E-state index in [1.54, 1.807) is 0 Å². The number of rotatable bonds is 5. The maximum absolute atomic E-state index is 12.0. The van der Waals surface area contributed by atoms with Crippen LogP contribution in [-0.4, -0.2) is 47.7 Å². The van der Waals surface area contributed by atoms with E-state index in [9.17, 15) is 9.90 Å². The van der Waals surface area contributed by atoms with Crippen LogP contribution in [0.2, 0.25) is 0 Å². The van der Waals surface area contributed by atoms with Crippen molar-refractivity contribution in [2.75, 3.05) is 13.6 Å². The van der Waals surface area contributed by atoms with Gasteiger partial charge in [-0.1, -0.05) is 26.7 Å². The number of carbonyl (C=O) groups is 1. The summed E-state index contributed by atoms with van der Waals surface area (Å²) in [7, 11) is 1.94. The van der Waals surface area contributed by atoms with Crippen molar-refractivity contribution in [2.45, 2.75) is 64.6 Å². The lowest BCUT2D eigenvalue weighted by molar-refractivity contribution is -0.127. The van der Waals surface area contributed by atoms with E-state index in [-0.39, 0.29) is 24.1 Å². The number of hydrogen-bond acceptors (Lipinski definition) is 3. The van der Waals surface area contributed by atoms with Gasteiger partial charge in [0.15, 0.2) is 0 Å². The first-order valence-corrected chi connectivity index (χ1v) is 7.11. The molecule has 1 amide bonds. The normalized spacial score (nSPS) is 26.4. The zero-order chi connectivity index (χ0) is 13.7. The minimum Gasteiger partial charge on any atom is -0.391 e. The third kappa shape index (κ3) is 4.25. The first-order chi connectivity index (χ1) is 8.43. The maximum atomic E-state index is 12.0. The van der Waals surface area contributed by atoms with Crippen LogP contribution in [0.15, 0.2) is 0 Å². The second kappa shape index (κ2) is 7.10. The number of nitrogens with one attached hydrogen (secondary N) is 1. The van der Waals surface area contributed by atoms with Crippen molar-refractivity contribution in [2.24, 2.45) is 5.92 Å². The van der Waals surface area contributed by atoms with Crippen molar-refractivity contribution < 1.29 is 9.90 Å². The summed E-state index contributed by atoms with van der Waals surface area (Å²) in [4.78, 5) is 14.0. The summed E-state index contributed by atoms with van der Waals surface area (Å²) in [5.74, 6) is 0.524. The Balaban J connectivity index is 2.48. The van der Waals surface area contributed by atoms with Gasteiger partial charge in [0.1, 0.15) is 0 Å².